The molecule has 0 unspecified atom stereocenters. The first-order chi connectivity index (χ1) is 13.5. The third-order valence-electron chi connectivity index (χ3n) is 6.48. The lowest BCUT2D eigenvalue weighted by Crippen LogP contribution is -2.37. The quantitative estimate of drug-likeness (QED) is 0.835. The number of hydrogen-bond donors (Lipinski definition) is 1. The Bertz CT molecular complexity index is 804. The summed E-state index contributed by atoms with van der Waals surface area (Å²) in [5.41, 5.74) is 2.51. The molecule has 2 aromatic rings. The first-order valence-electron chi connectivity index (χ1n) is 10.3. The van der Waals surface area contributed by atoms with Gasteiger partial charge in [0.2, 0.25) is 5.91 Å². The van der Waals surface area contributed by atoms with Gasteiger partial charge in [-0.25, -0.2) is 0 Å². The minimum absolute atomic E-state index is 0.120. The molecule has 3 heterocycles. The topological polar surface area (TPSA) is 53.4 Å². The lowest BCUT2D eigenvalue weighted by molar-refractivity contribution is -0.127. The summed E-state index contributed by atoms with van der Waals surface area (Å²) < 4.78 is 1.82. The van der Waals surface area contributed by atoms with Crippen LogP contribution in [0.4, 0.5) is 0 Å². The van der Waals surface area contributed by atoms with Gasteiger partial charge in [-0.05, 0) is 18.9 Å². The number of carbonyl (C=O) groups excluding carboxylic acids is 1. The summed E-state index contributed by atoms with van der Waals surface area (Å²) in [5, 5.41) is 8.06. The van der Waals surface area contributed by atoms with Crippen molar-refractivity contribution in [2.24, 2.45) is 13.0 Å². The number of amides is 1. The number of nitrogens with one attached hydrogen (secondary N) is 1. The highest BCUT2D eigenvalue weighted by atomic mass is 16.2. The zero-order valence-corrected chi connectivity index (χ0v) is 17.1. The van der Waals surface area contributed by atoms with E-state index < -0.39 is 0 Å². The van der Waals surface area contributed by atoms with Gasteiger partial charge in [-0.1, -0.05) is 30.3 Å². The van der Waals surface area contributed by atoms with Crippen LogP contribution in [0, 0.1) is 5.92 Å². The van der Waals surface area contributed by atoms with Crippen LogP contribution < -0.4 is 5.32 Å². The van der Waals surface area contributed by atoms with E-state index in [0.717, 1.165) is 31.6 Å². The predicted molar refractivity (Wildman–Crippen MR) is 110 cm³/mol. The zero-order chi connectivity index (χ0) is 19.7. The first kappa shape index (κ1) is 19.2. The van der Waals surface area contributed by atoms with E-state index in [1.165, 1.54) is 5.56 Å². The van der Waals surface area contributed by atoms with Crippen LogP contribution in [-0.4, -0.2) is 58.2 Å². The molecule has 6 heteroatoms. The summed E-state index contributed by atoms with van der Waals surface area (Å²) in [6.07, 6.45) is 5.70. The summed E-state index contributed by atoms with van der Waals surface area (Å²) in [6, 6.07) is 11.8. The number of rotatable bonds is 6. The van der Waals surface area contributed by atoms with E-state index in [0.29, 0.717) is 24.4 Å². The fourth-order valence-electron chi connectivity index (χ4n) is 4.79. The van der Waals surface area contributed by atoms with Gasteiger partial charge in [-0.3, -0.25) is 14.4 Å². The van der Waals surface area contributed by atoms with E-state index in [4.69, 9.17) is 0 Å². The molecule has 2 saturated heterocycles. The molecule has 4 atom stereocenters. The van der Waals surface area contributed by atoms with E-state index in [2.05, 4.69) is 52.6 Å². The molecule has 150 valence electrons. The van der Waals surface area contributed by atoms with Crippen molar-refractivity contribution >= 4 is 5.91 Å². The second-order valence-electron chi connectivity index (χ2n) is 8.34. The van der Waals surface area contributed by atoms with Gasteiger partial charge in [0.15, 0.2) is 0 Å². The fourth-order valence-corrected chi connectivity index (χ4v) is 4.79. The number of aryl methyl sites for hydroxylation is 1. The number of nitrogens with zero attached hydrogens (tertiary/aromatic N) is 4. The van der Waals surface area contributed by atoms with Crippen molar-refractivity contribution in [2.75, 3.05) is 26.7 Å². The van der Waals surface area contributed by atoms with Gasteiger partial charge in [0, 0.05) is 69.9 Å². The minimum Gasteiger partial charge on any atom is -0.338 e. The summed E-state index contributed by atoms with van der Waals surface area (Å²) in [5.74, 6) is 0.522. The molecule has 28 heavy (non-hydrogen) atoms. The number of benzene rings is 1. The molecule has 1 N–H and O–H groups in total. The number of carbonyl (C=O) groups is 1. The van der Waals surface area contributed by atoms with Crippen LogP contribution in [0.5, 0.6) is 0 Å². The minimum atomic E-state index is 0.120. The largest absolute Gasteiger partial charge is 0.338 e. The second kappa shape index (κ2) is 8.05. The van der Waals surface area contributed by atoms with E-state index >= 15 is 0 Å². The van der Waals surface area contributed by atoms with E-state index in [1.807, 2.05) is 36.1 Å². The van der Waals surface area contributed by atoms with Gasteiger partial charge in [-0.2, -0.15) is 5.10 Å². The fraction of sp³-hybridized carbons (Fsp3) is 0.545. The Kier molecular flexibility index (Phi) is 5.51. The molecule has 1 aromatic carbocycles. The lowest BCUT2D eigenvalue weighted by Gasteiger charge is -2.26. The zero-order valence-electron chi connectivity index (χ0n) is 17.1. The van der Waals surface area contributed by atoms with Crippen molar-refractivity contribution < 1.29 is 4.79 Å². The third kappa shape index (κ3) is 3.84. The predicted octanol–water partition coefficient (Wildman–Crippen LogP) is 2.36. The first-order valence-corrected chi connectivity index (χ1v) is 10.3. The number of likely N-dealkylation sites (tertiary alicyclic amines) is 2. The van der Waals surface area contributed by atoms with Gasteiger partial charge < -0.3 is 10.2 Å². The molecule has 1 amide bonds. The van der Waals surface area contributed by atoms with Crippen molar-refractivity contribution in [1.29, 1.82) is 0 Å². The monoisotopic (exact) mass is 381 g/mol. The van der Waals surface area contributed by atoms with Crippen molar-refractivity contribution in [3.05, 3.63) is 53.9 Å². The molecule has 4 rings (SSSR count). The molecule has 1 aromatic heterocycles. The maximum atomic E-state index is 12.3. The Hall–Kier alpha value is -2.18. The number of aromatic nitrogens is 2. The van der Waals surface area contributed by atoms with Crippen LogP contribution in [0.1, 0.15) is 43.0 Å². The highest BCUT2D eigenvalue weighted by Gasteiger charge is 2.39. The average molecular weight is 382 g/mol. The van der Waals surface area contributed by atoms with Gasteiger partial charge in [0.1, 0.15) is 0 Å². The van der Waals surface area contributed by atoms with Crippen LogP contribution >= 0.6 is 0 Å². The van der Waals surface area contributed by atoms with Crippen molar-refractivity contribution in [2.45, 2.75) is 37.9 Å². The standard InChI is InChI=1S/C22H31N5O/c1-16(17-7-5-4-6-8-17)27-10-9-20(15-27)23-12-18-11-21(28)26(3)22(18)19-13-24-25(2)14-19/h4-8,13-14,16,18,20,22-23H,9-12,15H2,1-3H3/t16-,18-,20+,22+/m0/s1. The molecule has 6 nitrogen and oxygen atoms in total. The van der Waals surface area contributed by atoms with E-state index in [1.54, 1.807) is 0 Å². The van der Waals surface area contributed by atoms with E-state index in [-0.39, 0.29) is 11.9 Å². The van der Waals surface area contributed by atoms with Crippen molar-refractivity contribution in [1.82, 2.24) is 24.9 Å². The molecule has 2 aliphatic heterocycles. The van der Waals surface area contributed by atoms with Gasteiger partial charge in [0.25, 0.3) is 0 Å². The van der Waals surface area contributed by atoms with E-state index in [9.17, 15) is 4.79 Å². The van der Waals surface area contributed by atoms with Crippen LogP contribution in [-0.2, 0) is 11.8 Å². The molecule has 2 aliphatic rings. The summed E-state index contributed by atoms with van der Waals surface area (Å²) in [6.45, 7) is 5.34. The van der Waals surface area contributed by atoms with Gasteiger partial charge >= 0.3 is 0 Å². The highest BCUT2D eigenvalue weighted by molar-refractivity contribution is 5.79. The van der Waals surface area contributed by atoms with Gasteiger partial charge in [0.05, 0.1) is 12.2 Å². The Morgan fingerprint density at radius 2 is 2.04 bits per heavy atom. The second-order valence-corrected chi connectivity index (χ2v) is 8.34. The summed E-state index contributed by atoms with van der Waals surface area (Å²) in [7, 11) is 3.84. The normalized spacial score (nSPS) is 26.9. The Morgan fingerprint density at radius 1 is 1.25 bits per heavy atom. The van der Waals surface area contributed by atoms with Crippen LogP contribution in [0.15, 0.2) is 42.7 Å². The molecule has 0 spiro atoms. The summed E-state index contributed by atoms with van der Waals surface area (Å²) in [4.78, 5) is 16.8. The Morgan fingerprint density at radius 3 is 2.75 bits per heavy atom. The third-order valence-corrected chi connectivity index (χ3v) is 6.48. The van der Waals surface area contributed by atoms with Crippen LogP contribution in [0.3, 0.4) is 0 Å². The molecule has 0 bridgehead atoms. The molecule has 0 aliphatic carbocycles. The summed E-state index contributed by atoms with van der Waals surface area (Å²) >= 11 is 0. The van der Waals surface area contributed by atoms with Crippen LogP contribution in [0.25, 0.3) is 0 Å². The molecule has 2 fully saturated rings. The smallest absolute Gasteiger partial charge is 0.223 e. The van der Waals surface area contributed by atoms with Gasteiger partial charge in [-0.15, -0.1) is 0 Å². The van der Waals surface area contributed by atoms with Crippen molar-refractivity contribution in [3.63, 3.8) is 0 Å². The van der Waals surface area contributed by atoms with Crippen molar-refractivity contribution in [3.8, 4) is 0 Å². The molecule has 0 saturated carbocycles. The maximum absolute atomic E-state index is 12.3. The average Bonchev–Trinajstić information content (AvgIpc) is 3.41. The Labute approximate surface area is 167 Å². The number of hydrogen-bond acceptors (Lipinski definition) is 4. The molecular formula is C22H31N5O. The van der Waals surface area contributed by atoms with Crippen LogP contribution in [0.2, 0.25) is 0 Å². The Balaban J connectivity index is 1.34. The maximum Gasteiger partial charge on any atom is 0.223 e. The molecule has 0 radical (unpaired) electrons. The SMILES string of the molecule is C[C@@H](c1ccccc1)N1CC[C@@H](NC[C@@H]2CC(=O)N(C)[C@H]2c2cnn(C)c2)C1. The lowest BCUT2D eigenvalue weighted by atomic mass is 9.95. The highest BCUT2D eigenvalue weighted by Crippen LogP contribution is 2.36. The molecular weight excluding hydrogens is 350 g/mol.